The zero-order valence-electron chi connectivity index (χ0n) is 19.9. The van der Waals surface area contributed by atoms with Crippen LogP contribution < -0.4 is 0 Å². The van der Waals surface area contributed by atoms with Crippen molar-refractivity contribution in [1.82, 2.24) is 0 Å². The molecule has 2 fully saturated rings. The smallest absolute Gasteiger partial charge is 0.305 e. The molecule has 13 heteroatoms. The van der Waals surface area contributed by atoms with E-state index in [-0.39, 0.29) is 12.4 Å². The van der Waals surface area contributed by atoms with Gasteiger partial charge in [-0.1, -0.05) is 25.7 Å². The van der Waals surface area contributed by atoms with Gasteiger partial charge < -0.3 is 59.8 Å². The van der Waals surface area contributed by atoms with E-state index in [4.69, 9.17) is 14.2 Å². The second-order valence-corrected chi connectivity index (χ2v) is 9.09. The summed E-state index contributed by atoms with van der Waals surface area (Å²) in [5.74, 6) is -2.30. The van der Waals surface area contributed by atoms with Crippen LogP contribution >= 0.6 is 0 Å². The summed E-state index contributed by atoms with van der Waals surface area (Å²) in [6.07, 6.45) is -10.1. The SMILES string of the molecule is COC(=O)CCCCCCCC[C@@]1(OC2O[C@H](CO)[C@@H](O)[C@H](O)[C@H]2O)O[C@H](CO)[C@@H](O)[C@H](O)[C@@H]1O. The topological polar surface area (TPSA) is 216 Å². The van der Waals surface area contributed by atoms with E-state index in [2.05, 4.69) is 4.74 Å². The maximum absolute atomic E-state index is 11.2. The van der Waals surface area contributed by atoms with Gasteiger partial charge in [-0.2, -0.15) is 0 Å². The fraction of sp³-hybridized carbons (Fsp3) is 0.955. The molecule has 0 bridgehead atoms. The van der Waals surface area contributed by atoms with E-state index in [1.54, 1.807) is 0 Å². The monoisotopic (exact) mass is 512 g/mol. The molecule has 0 saturated carbocycles. The van der Waals surface area contributed by atoms with E-state index in [0.29, 0.717) is 25.7 Å². The van der Waals surface area contributed by atoms with Gasteiger partial charge >= 0.3 is 5.97 Å². The molecule has 206 valence electrons. The van der Waals surface area contributed by atoms with Crippen LogP contribution in [0.1, 0.15) is 51.4 Å². The molecule has 0 aromatic rings. The van der Waals surface area contributed by atoms with Gasteiger partial charge in [-0.25, -0.2) is 0 Å². The Hall–Kier alpha value is -0.970. The molecule has 0 aliphatic carbocycles. The number of carbonyl (C=O) groups is 1. The Morgan fingerprint density at radius 2 is 1.34 bits per heavy atom. The predicted octanol–water partition coefficient (Wildman–Crippen LogP) is -2.73. The van der Waals surface area contributed by atoms with Gasteiger partial charge in [0.2, 0.25) is 5.79 Å². The Morgan fingerprint density at radius 1 is 0.771 bits per heavy atom. The predicted molar refractivity (Wildman–Crippen MR) is 117 cm³/mol. The number of rotatable bonds is 13. The lowest BCUT2D eigenvalue weighted by Gasteiger charge is -2.51. The zero-order chi connectivity index (χ0) is 26.2. The van der Waals surface area contributed by atoms with Crippen molar-refractivity contribution >= 4 is 5.97 Å². The van der Waals surface area contributed by atoms with Gasteiger partial charge in [0.05, 0.1) is 20.3 Å². The van der Waals surface area contributed by atoms with Crippen LogP contribution in [0.3, 0.4) is 0 Å². The summed E-state index contributed by atoms with van der Waals surface area (Å²) in [5, 5.41) is 80.8. The van der Waals surface area contributed by atoms with E-state index in [9.17, 15) is 45.6 Å². The molecule has 13 nitrogen and oxygen atoms in total. The lowest BCUT2D eigenvalue weighted by Crippen LogP contribution is -2.69. The van der Waals surface area contributed by atoms with Crippen LogP contribution in [0.4, 0.5) is 0 Å². The van der Waals surface area contributed by atoms with Crippen LogP contribution in [0.5, 0.6) is 0 Å². The Balaban J connectivity index is 2.06. The van der Waals surface area contributed by atoms with Gasteiger partial charge in [0.15, 0.2) is 6.29 Å². The van der Waals surface area contributed by atoms with Gasteiger partial charge in [0.1, 0.15) is 48.8 Å². The normalized spacial score (nSPS) is 40.0. The van der Waals surface area contributed by atoms with Gasteiger partial charge in [0, 0.05) is 12.8 Å². The maximum atomic E-state index is 11.2. The highest BCUT2D eigenvalue weighted by molar-refractivity contribution is 5.68. The quantitative estimate of drug-likeness (QED) is 0.0930. The summed E-state index contributed by atoms with van der Waals surface area (Å²) >= 11 is 0. The van der Waals surface area contributed by atoms with Crippen LogP contribution in [0.25, 0.3) is 0 Å². The first-order valence-corrected chi connectivity index (χ1v) is 12.0. The zero-order valence-corrected chi connectivity index (χ0v) is 19.9. The molecular weight excluding hydrogens is 472 g/mol. The molecule has 0 spiro atoms. The summed E-state index contributed by atoms with van der Waals surface area (Å²) in [6, 6.07) is 0. The number of carbonyl (C=O) groups excluding carboxylic acids is 1. The van der Waals surface area contributed by atoms with Gasteiger partial charge in [-0.15, -0.1) is 0 Å². The maximum Gasteiger partial charge on any atom is 0.305 e. The minimum atomic E-state index is -2.04. The largest absolute Gasteiger partial charge is 0.469 e. The summed E-state index contributed by atoms with van der Waals surface area (Å²) in [7, 11) is 1.34. The average molecular weight is 513 g/mol. The Morgan fingerprint density at radius 3 is 1.94 bits per heavy atom. The second kappa shape index (κ2) is 14.1. The van der Waals surface area contributed by atoms with E-state index in [1.165, 1.54) is 7.11 Å². The van der Waals surface area contributed by atoms with Crippen molar-refractivity contribution in [3.63, 3.8) is 0 Å². The molecule has 10 atom stereocenters. The summed E-state index contributed by atoms with van der Waals surface area (Å²) in [6.45, 7) is -1.40. The van der Waals surface area contributed by atoms with Crippen molar-refractivity contribution in [2.24, 2.45) is 0 Å². The summed E-state index contributed by atoms with van der Waals surface area (Å²) in [4.78, 5) is 11.2. The van der Waals surface area contributed by atoms with E-state index >= 15 is 0 Å². The Labute approximate surface area is 203 Å². The van der Waals surface area contributed by atoms with Gasteiger partial charge in [-0.05, 0) is 12.8 Å². The highest BCUT2D eigenvalue weighted by Crippen LogP contribution is 2.38. The highest BCUT2D eigenvalue weighted by Gasteiger charge is 2.57. The molecule has 35 heavy (non-hydrogen) atoms. The van der Waals surface area contributed by atoms with E-state index in [0.717, 1.165) is 19.3 Å². The van der Waals surface area contributed by atoms with Gasteiger partial charge in [0.25, 0.3) is 0 Å². The Kier molecular flexibility index (Phi) is 12.2. The lowest BCUT2D eigenvalue weighted by molar-refractivity contribution is -0.424. The number of ether oxygens (including phenoxy) is 4. The third kappa shape index (κ3) is 7.52. The van der Waals surface area contributed by atoms with Crippen molar-refractivity contribution in [2.75, 3.05) is 20.3 Å². The van der Waals surface area contributed by atoms with Crippen molar-refractivity contribution in [2.45, 2.75) is 112 Å². The minimum absolute atomic E-state index is 0.0361. The number of hydrogen-bond donors (Lipinski definition) is 8. The molecule has 0 amide bonds. The number of aliphatic hydroxyl groups is 8. The molecule has 0 radical (unpaired) electrons. The first-order valence-electron chi connectivity index (χ1n) is 12.0. The third-order valence-electron chi connectivity index (χ3n) is 6.58. The average Bonchev–Trinajstić information content (AvgIpc) is 2.86. The lowest BCUT2D eigenvalue weighted by atomic mass is 9.88. The first-order chi connectivity index (χ1) is 16.6. The number of hydrogen-bond acceptors (Lipinski definition) is 13. The number of methoxy groups -OCH3 is 1. The van der Waals surface area contributed by atoms with Crippen molar-refractivity contribution in [1.29, 1.82) is 0 Å². The number of aliphatic hydroxyl groups excluding tert-OH is 8. The summed E-state index contributed by atoms with van der Waals surface area (Å²) in [5.41, 5.74) is 0. The van der Waals surface area contributed by atoms with Crippen LogP contribution in [0.15, 0.2) is 0 Å². The molecule has 2 heterocycles. The molecule has 8 N–H and O–H groups in total. The van der Waals surface area contributed by atoms with Crippen LogP contribution in [0.2, 0.25) is 0 Å². The highest BCUT2D eigenvalue weighted by atomic mass is 16.8. The Bertz CT molecular complexity index is 632. The summed E-state index contributed by atoms with van der Waals surface area (Å²) < 4.78 is 21.4. The number of esters is 1. The fourth-order valence-electron chi connectivity index (χ4n) is 4.38. The van der Waals surface area contributed by atoms with Crippen LogP contribution in [-0.2, 0) is 23.7 Å². The second-order valence-electron chi connectivity index (χ2n) is 9.09. The van der Waals surface area contributed by atoms with E-state index < -0.39 is 74.1 Å². The van der Waals surface area contributed by atoms with Crippen molar-refractivity contribution < 1.29 is 64.6 Å². The van der Waals surface area contributed by atoms with Crippen LogP contribution in [0, 0.1) is 0 Å². The molecule has 1 unspecified atom stereocenters. The van der Waals surface area contributed by atoms with Crippen LogP contribution in [-0.4, -0.2) is 128 Å². The van der Waals surface area contributed by atoms with Gasteiger partial charge in [-0.3, -0.25) is 4.79 Å². The standard InChI is InChI=1S/C22H40O13/c1-32-14(25)8-6-4-2-3-5-7-9-22(20(31)18(29)16(27)13(11-24)34-22)35-21-19(30)17(28)15(26)12(10-23)33-21/h12-13,15-21,23-24,26-31H,2-11H2,1H3/t12-,13-,15-,16-,17+,18+,19-,20+,21?,22+/m1/s1. The molecule has 2 saturated heterocycles. The molecule has 0 aromatic heterocycles. The van der Waals surface area contributed by atoms with Crippen molar-refractivity contribution in [3.8, 4) is 0 Å². The molecular formula is C22H40O13. The van der Waals surface area contributed by atoms with Crippen molar-refractivity contribution in [3.05, 3.63) is 0 Å². The number of unbranched alkanes of at least 4 members (excludes halogenated alkanes) is 5. The molecule has 2 aliphatic rings. The molecule has 2 aliphatic heterocycles. The van der Waals surface area contributed by atoms with E-state index in [1.807, 2.05) is 0 Å². The third-order valence-corrected chi connectivity index (χ3v) is 6.58. The minimum Gasteiger partial charge on any atom is -0.469 e. The molecule has 2 rings (SSSR count). The first kappa shape index (κ1) is 30.3. The molecule has 0 aromatic carbocycles. The fourth-order valence-corrected chi connectivity index (χ4v) is 4.38.